The number of benzene rings is 1. The number of hydrogen-bond acceptors (Lipinski definition) is 3. The lowest BCUT2D eigenvalue weighted by Crippen LogP contribution is -2.37. The van der Waals surface area contributed by atoms with Gasteiger partial charge in [0.05, 0.1) is 0 Å². The van der Waals surface area contributed by atoms with E-state index in [9.17, 15) is 4.79 Å². The highest BCUT2D eigenvalue weighted by Crippen LogP contribution is 2.02. The molecule has 106 valence electrons. The summed E-state index contributed by atoms with van der Waals surface area (Å²) in [7, 11) is 0. The van der Waals surface area contributed by atoms with Gasteiger partial charge in [0.15, 0.2) is 0 Å². The first-order valence-corrected chi connectivity index (χ1v) is 6.82. The largest absolute Gasteiger partial charge is 0.480 e. The third kappa shape index (κ3) is 6.94. The van der Waals surface area contributed by atoms with E-state index in [2.05, 4.69) is 17.4 Å². The van der Waals surface area contributed by atoms with E-state index >= 15 is 0 Å². The van der Waals surface area contributed by atoms with Gasteiger partial charge in [-0.25, -0.2) is 0 Å². The number of carbonyl (C=O) groups is 1. The number of rotatable bonds is 10. The van der Waals surface area contributed by atoms with E-state index in [1.807, 2.05) is 25.1 Å². The first-order chi connectivity index (χ1) is 9.24. The summed E-state index contributed by atoms with van der Waals surface area (Å²) in [6.45, 7) is 3.72. The van der Waals surface area contributed by atoms with Crippen LogP contribution >= 0.6 is 0 Å². The van der Waals surface area contributed by atoms with Gasteiger partial charge in [0.25, 0.3) is 0 Å². The summed E-state index contributed by atoms with van der Waals surface area (Å²) in [5, 5.41) is 11.9. The zero-order chi connectivity index (χ0) is 13.9. The summed E-state index contributed by atoms with van der Waals surface area (Å²) in [6, 6.07) is 9.78. The Morgan fingerprint density at radius 3 is 2.68 bits per heavy atom. The van der Waals surface area contributed by atoms with Crippen molar-refractivity contribution in [1.29, 1.82) is 0 Å². The molecule has 1 aromatic carbocycles. The molecule has 0 bridgehead atoms. The van der Waals surface area contributed by atoms with Gasteiger partial charge in [0.2, 0.25) is 0 Å². The predicted octanol–water partition coefficient (Wildman–Crippen LogP) is 2.09. The molecular formula is C15H23NO3. The van der Waals surface area contributed by atoms with Crippen molar-refractivity contribution in [2.45, 2.75) is 32.2 Å². The Morgan fingerprint density at radius 1 is 1.32 bits per heavy atom. The van der Waals surface area contributed by atoms with Gasteiger partial charge in [-0.05, 0) is 31.4 Å². The number of hydrogen-bond donors (Lipinski definition) is 2. The molecule has 0 aliphatic heterocycles. The van der Waals surface area contributed by atoms with Crippen LogP contribution in [0.2, 0.25) is 0 Å². The van der Waals surface area contributed by atoms with Crippen LogP contribution in [0.5, 0.6) is 0 Å². The monoisotopic (exact) mass is 265 g/mol. The Hall–Kier alpha value is -1.39. The molecule has 19 heavy (non-hydrogen) atoms. The van der Waals surface area contributed by atoms with E-state index in [0.717, 1.165) is 12.8 Å². The summed E-state index contributed by atoms with van der Waals surface area (Å²) < 4.78 is 5.48. The number of aryl methyl sites for hydroxylation is 1. The minimum atomic E-state index is -0.810. The van der Waals surface area contributed by atoms with Crippen molar-refractivity contribution >= 4 is 5.97 Å². The third-order valence-corrected chi connectivity index (χ3v) is 2.90. The molecule has 0 aliphatic carbocycles. The molecule has 0 spiro atoms. The van der Waals surface area contributed by atoms with E-state index in [1.54, 1.807) is 0 Å². The number of nitrogens with one attached hydrogen (secondary N) is 1. The van der Waals surface area contributed by atoms with Crippen LogP contribution < -0.4 is 5.32 Å². The minimum absolute atomic E-state index is 0.485. The van der Waals surface area contributed by atoms with Crippen LogP contribution in [-0.2, 0) is 16.0 Å². The maximum atomic E-state index is 10.9. The molecule has 0 aliphatic rings. The molecule has 4 nitrogen and oxygen atoms in total. The topological polar surface area (TPSA) is 58.6 Å². The fourth-order valence-electron chi connectivity index (χ4n) is 1.89. The average molecular weight is 265 g/mol. The molecule has 0 fully saturated rings. The van der Waals surface area contributed by atoms with Gasteiger partial charge < -0.3 is 15.2 Å². The Morgan fingerprint density at radius 2 is 2.05 bits per heavy atom. The second-order valence-electron chi connectivity index (χ2n) is 4.44. The molecule has 0 amide bonds. The molecule has 0 saturated heterocycles. The van der Waals surface area contributed by atoms with Crippen molar-refractivity contribution in [3.05, 3.63) is 35.9 Å². The van der Waals surface area contributed by atoms with Gasteiger partial charge in [-0.15, -0.1) is 0 Å². The first-order valence-electron chi connectivity index (χ1n) is 6.82. The van der Waals surface area contributed by atoms with Crippen molar-refractivity contribution in [1.82, 2.24) is 5.32 Å². The Balaban J connectivity index is 2.06. The molecule has 2 N–H and O–H groups in total. The minimum Gasteiger partial charge on any atom is -0.480 e. The first kappa shape index (κ1) is 15.7. The number of carboxylic acids is 1. The van der Waals surface area contributed by atoms with Crippen LogP contribution in [0.4, 0.5) is 0 Å². The quantitative estimate of drug-likeness (QED) is 0.636. The van der Waals surface area contributed by atoms with Gasteiger partial charge in [-0.3, -0.25) is 4.79 Å². The highest BCUT2D eigenvalue weighted by atomic mass is 16.5. The summed E-state index contributed by atoms with van der Waals surface area (Å²) >= 11 is 0. The maximum Gasteiger partial charge on any atom is 0.320 e. The highest BCUT2D eigenvalue weighted by Gasteiger charge is 2.14. The molecule has 0 saturated carbocycles. The van der Waals surface area contributed by atoms with Crippen LogP contribution in [0.25, 0.3) is 0 Å². The lowest BCUT2D eigenvalue weighted by atomic mass is 10.1. The maximum absolute atomic E-state index is 10.9. The van der Waals surface area contributed by atoms with Crippen molar-refractivity contribution in [2.75, 3.05) is 19.8 Å². The van der Waals surface area contributed by atoms with Crippen LogP contribution in [0, 0.1) is 0 Å². The normalized spacial score (nSPS) is 12.3. The van der Waals surface area contributed by atoms with Gasteiger partial charge in [0.1, 0.15) is 6.04 Å². The second kappa shape index (κ2) is 9.53. The number of likely N-dealkylation sites (N-methyl/N-ethyl adjacent to an activating group) is 1. The highest BCUT2D eigenvalue weighted by molar-refractivity contribution is 5.73. The van der Waals surface area contributed by atoms with Crippen LogP contribution in [-0.4, -0.2) is 36.9 Å². The fourth-order valence-corrected chi connectivity index (χ4v) is 1.89. The van der Waals surface area contributed by atoms with Crippen molar-refractivity contribution in [3.8, 4) is 0 Å². The van der Waals surface area contributed by atoms with Gasteiger partial charge in [0, 0.05) is 13.2 Å². The number of aliphatic carboxylic acids is 1. The van der Waals surface area contributed by atoms with Crippen LogP contribution in [0.3, 0.4) is 0 Å². The SMILES string of the molecule is CCNC(CCOCCCc1ccccc1)C(=O)O. The van der Waals surface area contributed by atoms with E-state index in [1.165, 1.54) is 5.56 Å². The lowest BCUT2D eigenvalue weighted by molar-refractivity contribution is -0.140. The van der Waals surface area contributed by atoms with Gasteiger partial charge in [-0.1, -0.05) is 37.3 Å². The van der Waals surface area contributed by atoms with E-state index < -0.39 is 12.0 Å². The summed E-state index contributed by atoms with van der Waals surface area (Å²) in [4.78, 5) is 10.9. The molecule has 0 heterocycles. The summed E-state index contributed by atoms with van der Waals surface area (Å²) in [5.74, 6) is -0.810. The molecule has 4 heteroatoms. The van der Waals surface area contributed by atoms with Gasteiger partial charge >= 0.3 is 5.97 Å². The summed E-state index contributed by atoms with van der Waals surface area (Å²) in [6.07, 6.45) is 2.47. The van der Waals surface area contributed by atoms with E-state index in [4.69, 9.17) is 9.84 Å². The predicted molar refractivity (Wildman–Crippen MR) is 75.3 cm³/mol. The van der Waals surface area contributed by atoms with Crippen molar-refractivity contribution < 1.29 is 14.6 Å². The molecule has 1 rings (SSSR count). The molecule has 1 unspecified atom stereocenters. The Kier molecular flexibility index (Phi) is 7.86. The summed E-state index contributed by atoms with van der Waals surface area (Å²) in [5.41, 5.74) is 1.31. The van der Waals surface area contributed by atoms with Crippen molar-refractivity contribution in [3.63, 3.8) is 0 Å². The molecule has 0 aromatic heterocycles. The number of carboxylic acid groups (broad SMARTS) is 1. The van der Waals surface area contributed by atoms with E-state index in [0.29, 0.717) is 26.2 Å². The van der Waals surface area contributed by atoms with Crippen LogP contribution in [0.15, 0.2) is 30.3 Å². The number of ether oxygens (including phenoxy) is 1. The van der Waals surface area contributed by atoms with Crippen molar-refractivity contribution in [2.24, 2.45) is 0 Å². The zero-order valence-corrected chi connectivity index (χ0v) is 11.5. The zero-order valence-electron chi connectivity index (χ0n) is 11.5. The third-order valence-electron chi connectivity index (χ3n) is 2.90. The van der Waals surface area contributed by atoms with Crippen LogP contribution in [0.1, 0.15) is 25.3 Å². The average Bonchev–Trinajstić information content (AvgIpc) is 2.42. The smallest absolute Gasteiger partial charge is 0.320 e. The molecular weight excluding hydrogens is 242 g/mol. The second-order valence-corrected chi connectivity index (χ2v) is 4.44. The Labute approximate surface area is 114 Å². The fraction of sp³-hybridized carbons (Fsp3) is 0.533. The molecule has 1 aromatic rings. The standard InChI is InChI=1S/C15H23NO3/c1-2-16-14(15(17)18)10-12-19-11-6-9-13-7-4-3-5-8-13/h3-5,7-8,14,16H,2,6,9-12H2,1H3,(H,17,18). The molecule has 0 radical (unpaired) electrons. The molecule has 1 atom stereocenters. The van der Waals surface area contributed by atoms with E-state index in [-0.39, 0.29) is 0 Å². The lowest BCUT2D eigenvalue weighted by Gasteiger charge is -2.12. The van der Waals surface area contributed by atoms with Gasteiger partial charge in [-0.2, -0.15) is 0 Å². The Bertz CT molecular complexity index is 354.